The van der Waals surface area contributed by atoms with Gasteiger partial charge < -0.3 is 0 Å². The Bertz CT molecular complexity index is 1180. The zero-order valence-electron chi connectivity index (χ0n) is 16.3. The van der Waals surface area contributed by atoms with Crippen LogP contribution in [0.15, 0.2) is 115 Å². The molecule has 0 unspecified atom stereocenters. The average molecular weight is 390 g/mol. The molecular weight excluding hydrogens is 367 g/mol. The molecule has 5 rings (SSSR count). The molecule has 0 N–H and O–H groups in total. The Morgan fingerprint density at radius 1 is 0.414 bits per heavy atom. The second-order valence-corrected chi connectivity index (χ2v) is 9.78. The molecule has 5 aromatic carbocycles. The Morgan fingerprint density at radius 3 is 1.38 bits per heavy atom. The molecule has 0 radical (unpaired) electrons. The van der Waals surface area contributed by atoms with Crippen LogP contribution in [-0.4, -0.2) is 0 Å². The highest BCUT2D eigenvalue weighted by Gasteiger charge is 2.13. The molecule has 0 spiro atoms. The van der Waals surface area contributed by atoms with Crippen LogP contribution in [0.25, 0.3) is 21.5 Å². The second-order valence-electron chi connectivity index (χ2n) is 7.55. The first kappa shape index (κ1) is 18.1. The van der Waals surface area contributed by atoms with Crippen molar-refractivity contribution in [2.45, 2.75) is 12.3 Å². The Labute approximate surface area is 173 Å². The summed E-state index contributed by atoms with van der Waals surface area (Å²) in [5.41, 5.74) is 2.86. The van der Waals surface area contributed by atoms with Gasteiger partial charge in [0.2, 0.25) is 0 Å². The first-order chi connectivity index (χ1) is 14.3. The van der Waals surface area contributed by atoms with Gasteiger partial charge in [0, 0.05) is 0 Å². The SMILES string of the molecule is c1ccc(P(Cc2ccc3ccccc3c2)Cc2ccc3ccccc3c2)cc1. The van der Waals surface area contributed by atoms with Gasteiger partial charge in [0.25, 0.3) is 0 Å². The fourth-order valence-corrected chi connectivity index (χ4v) is 6.34. The van der Waals surface area contributed by atoms with Gasteiger partial charge >= 0.3 is 0 Å². The molecule has 5 aromatic rings. The minimum Gasteiger partial charge on any atom is -0.0664 e. The maximum absolute atomic E-state index is 2.37. The van der Waals surface area contributed by atoms with Crippen molar-refractivity contribution in [3.05, 3.63) is 126 Å². The third-order valence-corrected chi connectivity index (χ3v) is 8.02. The third-order valence-electron chi connectivity index (χ3n) is 5.50. The van der Waals surface area contributed by atoms with Crippen molar-refractivity contribution in [1.82, 2.24) is 0 Å². The molecule has 0 nitrogen and oxygen atoms in total. The summed E-state index contributed by atoms with van der Waals surface area (Å²) in [5.74, 6) is 0. The first-order valence-corrected chi connectivity index (χ1v) is 11.8. The van der Waals surface area contributed by atoms with Crippen LogP contribution in [0.4, 0.5) is 0 Å². The molecule has 140 valence electrons. The van der Waals surface area contributed by atoms with E-state index in [1.54, 1.807) is 0 Å². The summed E-state index contributed by atoms with van der Waals surface area (Å²) in [6.07, 6.45) is 2.22. The Kier molecular flexibility index (Phi) is 5.11. The zero-order chi connectivity index (χ0) is 19.5. The number of benzene rings is 5. The van der Waals surface area contributed by atoms with E-state index in [0.29, 0.717) is 0 Å². The summed E-state index contributed by atoms with van der Waals surface area (Å²) in [7, 11) is -0.319. The zero-order valence-corrected chi connectivity index (χ0v) is 17.2. The first-order valence-electron chi connectivity index (χ1n) is 10.1. The van der Waals surface area contributed by atoms with Crippen LogP contribution in [0.1, 0.15) is 11.1 Å². The van der Waals surface area contributed by atoms with Gasteiger partial charge in [-0.15, -0.1) is 0 Å². The minimum atomic E-state index is -0.319. The lowest BCUT2D eigenvalue weighted by Crippen LogP contribution is -2.04. The minimum absolute atomic E-state index is 0.319. The molecule has 0 aliphatic carbocycles. The Balaban J connectivity index is 1.48. The summed E-state index contributed by atoms with van der Waals surface area (Å²) in [6, 6.07) is 42.2. The van der Waals surface area contributed by atoms with Crippen LogP contribution < -0.4 is 5.30 Å². The van der Waals surface area contributed by atoms with Crippen molar-refractivity contribution in [2.75, 3.05) is 0 Å². The summed E-state index contributed by atoms with van der Waals surface area (Å²) in [5, 5.41) is 6.77. The van der Waals surface area contributed by atoms with Gasteiger partial charge in [0.1, 0.15) is 0 Å². The van der Waals surface area contributed by atoms with Gasteiger partial charge in [-0.25, -0.2) is 0 Å². The van der Waals surface area contributed by atoms with Crippen LogP contribution in [0.3, 0.4) is 0 Å². The van der Waals surface area contributed by atoms with Gasteiger partial charge in [-0.05, 0) is 50.3 Å². The van der Waals surface area contributed by atoms with E-state index in [9.17, 15) is 0 Å². The average Bonchev–Trinajstić information content (AvgIpc) is 2.79. The molecule has 0 bridgehead atoms. The van der Waals surface area contributed by atoms with Gasteiger partial charge in [-0.2, -0.15) is 0 Å². The molecule has 0 aromatic heterocycles. The molecule has 0 aliphatic rings. The molecule has 29 heavy (non-hydrogen) atoms. The number of hydrogen-bond acceptors (Lipinski definition) is 0. The molecular formula is C28H23P. The smallest absolute Gasteiger partial charge is 0.00296 e. The van der Waals surface area contributed by atoms with E-state index in [0.717, 1.165) is 12.3 Å². The Hall–Kier alpha value is -2.95. The van der Waals surface area contributed by atoms with E-state index >= 15 is 0 Å². The monoisotopic (exact) mass is 390 g/mol. The van der Waals surface area contributed by atoms with E-state index in [1.807, 2.05) is 0 Å². The van der Waals surface area contributed by atoms with Crippen LogP contribution in [-0.2, 0) is 12.3 Å². The Morgan fingerprint density at radius 2 is 0.862 bits per heavy atom. The van der Waals surface area contributed by atoms with Crippen molar-refractivity contribution in [2.24, 2.45) is 0 Å². The summed E-state index contributed by atoms with van der Waals surface area (Å²) < 4.78 is 0. The quantitative estimate of drug-likeness (QED) is 0.273. The van der Waals surface area contributed by atoms with Crippen LogP contribution >= 0.6 is 7.92 Å². The molecule has 0 fully saturated rings. The maximum Gasteiger partial charge on any atom is -0.00296 e. The van der Waals surface area contributed by atoms with E-state index in [2.05, 4.69) is 115 Å². The van der Waals surface area contributed by atoms with Crippen LogP contribution in [0, 0.1) is 0 Å². The molecule has 0 saturated carbocycles. The fraction of sp³-hybridized carbons (Fsp3) is 0.0714. The van der Waals surface area contributed by atoms with Crippen molar-refractivity contribution in [3.63, 3.8) is 0 Å². The highest BCUT2D eigenvalue weighted by Crippen LogP contribution is 2.43. The largest absolute Gasteiger partial charge is 0.0664 e. The van der Waals surface area contributed by atoms with Crippen molar-refractivity contribution in [1.29, 1.82) is 0 Å². The highest BCUT2D eigenvalue weighted by molar-refractivity contribution is 7.64. The van der Waals surface area contributed by atoms with Gasteiger partial charge in [-0.3, -0.25) is 0 Å². The van der Waals surface area contributed by atoms with E-state index < -0.39 is 0 Å². The van der Waals surface area contributed by atoms with Gasteiger partial charge in [0.05, 0.1) is 0 Å². The van der Waals surface area contributed by atoms with Crippen LogP contribution in [0.2, 0.25) is 0 Å². The molecule has 0 amide bonds. The molecule has 0 heterocycles. The lowest BCUT2D eigenvalue weighted by molar-refractivity contribution is 1.35. The number of fused-ring (bicyclic) bond motifs is 2. The highest BCUT2D eigenvalue weighted by atomic mass is 31.1. The maximum atomic E-state index is 2.37. The summed E-state index contributed by atoms with van der Waals surface area (Å²) in [6.45, 7) is 0. The fourth-order valence-electron chi connectivity index (χ4n) is 3.99. The predicted molar refractivity (Wildman–Crippen MR) is 128 cm³/mol. The van der Waals surface area contributed by atoms with Gasteiger partial charge in [0.15, 0.2) is 0 Å². The third kappa shape index (κ3) is 4.09. The summed E-state index contributed by atoms with van der Waals surface area (Å²) >= 11 is 0. The van der Waals surface area contributed by atoms with E-state index in [1.165, 1.54) is 38.0 Å². The molecule has 0 atom stereocenters. The number of hydrogen-bond donors (Lipinski definition) is 0. The lowest BCUT2D eigenvalue weighted by atomic mass is 10.1. The van der Waals surface area contributed by atoms with Crippen molar-refractivity contribution in [3.8, 4) is 0 Å². The molecule has 1 heteroatoms. The topological polar surface area (TPSA) is 0 Å². The lowest BCUT2D eigenvalue weighted by Gasteiger charge is -2.19. The second kappa shape index (κ2) is 8.19. The van der Waals surface area contributed by atoms with E-state index in [4.69, 9.17) is 0 Å². The molecule has 0 aliphatic heterocycles. The van der Waals surface area contributed by atoms with Crippen molar-refractivity contribution >= 4 is 34.8 Å². The number of rotatable bonds is 5. The van der Waals surface area contributed by atoms with Crippen LogP contribution in [0.5, 0.6) is 0 Å². The van der Waals surface area contributed by atoms with Gasteiger partial charge in [-0.1, -0.05) is 123 Å². The van der Waals surface area contributed by atoms with Crippen molar-refractivity contribution < 1.29 is 0 Å². The summed E-state index contributed by atoms with van der Waals surface area (Å²) in [4.78, 5) is 0. The predicted octanol–water partition coefficient (Wildman–Crippen LogP) is 7.50. The standard InChI is InChI=1S/C28H23P/c1-2-12-28(13-3-1)29(20-22-14-16-24-8-4-6-10-26(24)18-22)21-23-15-17-25-9-5-7-11-27(25)19-23/h1-19H,20-21H2. The van der Waals surface area contributed by atoms with E-state index in [-0.39, 0.29) is 7.92 Å². The molecule has 0 saturated heterocycles. The normalized spacial score (nSPS) is 11.3.